The zero-order valence-corrected chi connectivity index (χ0v) is 11.8. The van der Waals surface area contributed by atoms with Crippen molar-refractivity contribution in [1.82, 2.24) is 20.2 Å². The molecule has 1 N–H and O–H groups in total. The lowest BCUT2D eigenvalue weighted by atomic mass is 10.1. The van der Waals surface area contributed by atoms with E-state index in [0.717, 1.165) is 0 Å². The first-order chi connectivity index (χ1) is 9.50. The fraction of sp³-hybridized carbons (Fsp3) is 0.333. The smallest absolute Gasteiger partial charge is 0.311 e. The molecule has 0 spiro atoms. The predicted molar refractivity (Wildman–Crippen MR) is 70.2 cm³/mol. The second-order valence-corrected chi connectivity index (χ2v) is 5.82. The van der Waals surface area contributed by atoms with Crippen LogP contribution in [0.5, 0.6) is 0 Å². The minimum atomic E-state index is -0.848. The van der Waals surface area contributed by atoms with E-state index in [0.29, 0.717) is 28.7 Å². The van der Waals surface area contributed by atoms with E-state index in [1.807, 2.05) is 0 Å². The van der Waals surface area contributed by atoms with Crippen LogP contribution in [0.2, 0.25) is 0 Å². The van der Waals surface area contributed by atoms with Gasteiger partial charge in [0.05, 0.1) is 12.0 Å². The average molecular weight is 341 g/mol. The number of tetrazole rings is 1. The zero-order valence-electron chi connectivity index (χ0n) is 10.3. The third-order valence-corrected chi connectivity index (χ3v) is 3.87. The van der Waals surface area contributed by atoms with Gasteiger partial charge in [-0.15, -0.1) is 5.10 Å². The Hall–Kier alpha value is -1.83. The summed E-state index contributed by atoms with van der Waals surface area (Å²) in [6.45, 7) is 0.193. The molecule has 1 aliphatic carbocycles. The minimum Gasteiger partial charge on any atom is -0.481 e. The highest BCUT2D eigenvalue weighted by atomic mass is 79.9. The van der Waals surface area contributed by atoms with Gasteiger partial charge in [0.1, 0.15) is 5.82 Å². The summed E-state index contributed by atoms with van der Waals surface area (Å²) in [6.07, 6.45) is 1.21. The molecule has 1 saturated carbocycles. The van der Waals surface area contributed by atoms with Crippen LogP contribution in [-0.2, 0) is 11.3 Å². The molecule has 20 heavy (non-hydrogen) atoms. The van der Waals surface area contributed by atoms with Crippen molar-refractivity contribution < 1.29 is 14.3 Å². The lowest BCUT2D eigenvalue weighted by Crippen LogP contribution is -2.22. The second kappa shape index (κ2) is 4.62. The number of carbonyl (C=O) groups is 1. The number of hydrogen-bond acceptors (Lipinski definition) is 4. The molecule has 3 rings (SSSR count). The zero-order chi connectivity index (χ0) is 14.3. The quantitative estimate of drug-likeness (QED) is 0.921. The van der Waals surface area contributed by atoms with Crippen molar-refractivity contribution in [3.05, 3.63) is 28.5 Å². The van der Waals surface area contributed by atoms with Crippen molar-refractivity contribution >= 4 is 21.9 Å². The Balaban J connectivity index is 1.96. The molecule has 1 aromatic carbocycles. The van der Waals surface area contributed by atoms with Crippen molar-refractivity contribution in [2.24, 2.45) is 5.41 Å². The summed E-state index contributed by atoms with van der Waals surface area (Å²) in [5.41, 5.74) is -0.280. The summed E-state index contributed by atoms with van der Waals surface area (Å²) in [7, 11) is 0. The van der Waals surface area contributed by atoms with Crippen LogP contribution in [-0.4, -0.2) is 31.3 Å². The Bertz CT molecular complexity index is 664. The van der Waals surface area contributed by atoms with Crippen LogP contribution >= 0.6 is 15.9 Å². The Morgan fingerprint density at radius 1 is 1.45 bits per heavy atom. The molecule has 0 bridgehead atoms. The van der Waals surface area contributed by atoms with Crippen LogP contribution in [0.1, 0.15) is 12.8 Å². The number of carboxylic acids is 1. The van der Waals surface area contributed by atoms with Gasteiger partial charge in [-0.1, -0.05) is 15.9 Å². The standard InChI is InChI=1S/C12H10BrFN4O2/c13-8-3-7(4-9(14)5-8)10-15-16-17-18(10)6-12(1-2-12)11(19)20/h3-5H,1-2,6H2,(H,19,20). The van der Waals surface area contributed by atoms with E-state index in [-0.39, 0.29) is 6.54 Å². The van der Waals surface area contributed by atoms with Crippen LogP contribution in [0.3, 0.4) is 0 Å². The summed E-state index contributed by atoms with van der Waals surface area (Å²) in [5.74, 6) is -0.902. The van der Waals surface area contributed by atoms with E-state index < -0.39 is 17.2 Å². The van der Waals surface area contributed by atoms with Gasteiger partial charge in [0, 0.05) is 10.0 Å². The van der Waals surface area contributed by atoms with Gasteiger partial charge in [-0.2, -0.15) is 0 Å². The van der Waals surface area contributed by atoms with Gasteiger partial charge >= 0.3 is 5.97 Å². The number of carboxylic acid groups (broad SMARTS) is 1. The number of benzene rings is 1. The Labute approximate surface area is 121 Å². The van der Waals surface area contributed by atoms with Crippen molar-refractivity contribution in [2.45, 2.75) is 19.4 Å². The summed E-state index contributed by atoms with van der Waals surface area (Å²) < 4.78 is 15.4. The molecule has 0 atom stereocenters. The highest BCUT2D eigenvalue weighted by Gasteiger charge is 2.51. The number of aliphatic carboxylic acids is 1. The van der Waals surface area contributed by atoms with Gasteiger partial charge in [-0.25, -0.2) is 9.07 Å². The molecular weight excluding hydrogens is 331 g/mol. The lowest BCUT2D eigenvalue weighted by molar-refractivity contribution is -0.144. The van der Waals surface area contributed by atoms with Gasteiger partial charge in [-0.05, 0) is 41.5 Å². The van der Waals surface area contributed by atoms with Crippen LogP contribution in [0.25, 0.3) is 11.4 Å². The van der Waals surface area contributed by atoms with Crippen molar-refractivity contribution in [2.75, 3.05) is 0 Å². The monoisotopic (exact) mass is 340 g/mol. The Kier molecular flexibility index (Phi) is 3.04. The number of aromatic nitrogens is 4. The fourth-order valence-electron chi connectivity index (χ4n) is 2.08. The molecule has 8 heteroatoms. The van der Waals surface area contributed by atoms with Gasteiger partial charge in [0.15, 0.2) is 5.82 Å². The van der Waals surface area contributed by atoms with Gasteiger partial charge in [-0.3, -0.25) is 4.79 Å². The van der Waals surface area contributed by atoms with Gasteiger partial charge in [0.25, 0.3) is 0 Å². The first kappa shape index (κ1) is 13.2. The summed E-state index contributed by atoms with van der Waals surface area (Å²) >= 11 is 3.21. The van der Waals surface area contributed by atoms with Crippen molar-refractivity contribution in [1.29, 1.82) is 0 Å². The Morgan fingerprint density at radius 3 is 2.80 bits per heavy atom. The summed E-state index contributed by atoms with van der Waals surface area (Å²) in [5, 5.41) is 20.4. The fourth-order valence-corrected chi connectivity index (χ4v) is 2.54. The molecule has 1 heterocycles. The molecule has 1 fully saturated rings. The molecule has 104 valence electrons. The number of nitrogens with zero attached hydrogens (tertiary/aromatic N) is 4. The van der Waals surface area contributed by atoms with E-state index >= 15 is 0 Å². The number of hydrogen-bond donors (Lipinski definition) is 1. The van der Waals surface area contributed by atoms with Crippen LogP contribution in [0, 0.1) is 11.2 Å². The second-order valence-electron chi connectivity index (χ2n) is 4.90. The first-order valence-corrected chi connectivity index (χ1v) is 6.75. The molecule has 0 aliphatic heterocycles. The molecule has 0 radical (unpaired) electrons. The van der Waals surface area contributed by atoms with Crippen molar-refractivity contribution in [3.63, 3.8) is 0 Å². The Morgan fingerprint density at radius 2 is 2.20 bits per heavy atom. The number of halogens is 2. The van der Waals surface area contributed by atoms with Gasteiger partial charge < -0.3 is 5.11 Å². The van der Waals surface area contributed by atoms with Crippen LogP contribution < -0.4 is 0 Å². The maximum absolute atomic E-state index is 13.4. The number of rotatable bonds is 4. The molecule has 0 unspecified atom stereocenters. The van der Waals surface area contributed by atoms with E-state index in [1.54, 1.807) is 6.07 Å². The first-order valence-electron chi connectivity index (χ1n) is 5.96. The maximum Gasteiger partial charge on any atom is 0.311 e. The normalized spacial score (nSPS) is 16.1. The van der Waals surface area contributed by atoms with Crippen molar-refractivity contribution in [3.8, 4) is 11.4 Å². The summed E-state index contributed by atoms with van der Waals surface area (Å²) in [4.78, 5) is 11.2. The molecule has 1 aromatic heterocycles. The third-order valence-electron chi connectivity index (χ3n) is 3.41. The maximum atomic E-state index is 13.4. The largest absolute Gasteiger partial charge is 0.481 e. The molecular formula is C12H10BrFN4O2. The lowest BCUT2D eigenvalue weighted by Gasteiger charge is -2.10. The van der Waals surface area contributed by atoms with E-state index in [9.17, 15) is 14.3 Å². The highest BCUT2D eigenvalue weighted by Crippen LogP contribution is 2.47. The summed E-state index contributed by atoms with van der Waals surface area (Å²) in [6, 6.07) is 4.33. The molecule has 0 amide bonds. The SMILES string of the molecule is O=C(O)C1(Cn2nnnc2-c2cc(F)cc(Br)c2)CC1. The van der Waals surface area contributed by atoms with Gasteiger partial charge in [0.2, 0.25) is 0 Å². The third kappa shape index (κ3) is 2.31. The topological polar surface area (TPSA) is 80.9 Å². The average Bonchev–Trinajstić information content (AvgIpc) is 2.99. The minimum absolute atomic E-state index is 0.193. The molecule has 0 saturated heterocycles. The highest BCUT2D eigenvalue weighted by molar-refractivity contribution is 9.10. The molecule has 1 aliphatic rings. The van der Waals surface area contributed by atoms with E-state index in [2.05, 4.69) is 31.5 Å². The molecule has 2 aromatic rings. The molecule has 6 nitrogen and oxygen atoms in total. The predicted octanol–water partition coefficient (Wildman–Crippen LogP) is 2.11. The van der Waals surface area contributed by atoms with E-state index in [1.165, 1.54) is 16.8 Å². The van der Waals surface area contributed by atoms with E-state index in [4.69, 9.17) is 0 Å². The van der Waals surface area contributed by atoms with Crippen LogP contribution in [0.4, 0.5) is 4.39 Å². The van der Waals surface area contributed by atoms with Crippen LogP contribution in [0.15, 0.2) is 22.7 Å².